The molecule has 0 amide bonds. The van der Waals surface area contributed by atoms with E-state index in [1.165, 1.54) is 34.3 Å². The van der Waals surface area contributed by atoms with E-state index in [0.717, 1.165) is 48.0 Å². The van der Waals surface area contributed by atoms with Crippen LogP contribution < -0.4 is 0 Å². The standard InChI is InChI=1S/C24H28O.C11H14O.C3H8.2C2H6/c1-8-20(9-2)22-14-21(11-10-15(22)3)19(7)24(25)23-13-17(5)16(4)12-18(23)6;1-10(12)6-5-9-11-7-3-2-4-8-11;1-3-2;2*1-2/h8,12-14,19H,1-2,10-11H2,3-7H3;2-4,7-8,12H,1,5-6,9H2;3H2,1-2H3;2*1-2H3. The Labute approximate surface area is 271 Å². The Morgan fingerprint density at radius 3 is 2.00 bits per heavy atom. The molecule has 0 spiro atoms. The van der Waals surface area contributed by atoms with Gasteiger partial charge in [-0.2, -0.15) is 0 Å². The molecule has 2 heteroatoms. The van der Waals surface area contributed by atoms with Gasteiger partial charge < -0.3 is 5.11 Å². The minimum absolute atomic E-state index is 0.125. The zero-order valence-corrected chi connectivity index (χ0v) is 30.0. The smallest absolute Gasteiger partial charge is 0.169 e. The fraction of sp³-hybridized carbons (Fsp3) is 0.429. The lowest BCUT2D eigenvalue weighted by atomic mass is 9.81. The van der Waals surface area contributed by atoms with Gasteiger partial charge in [-0.15, -0.1) is 5.73 Å². The van der Waals surface area contributed by atoms with Crippen molar-refractivity contribution in [3.8, 4) is 0 Å². The number of rotatable bonds is 9. The Balaban J connectivity index is 0. The molecule has 1 unspecified atom stereocenters. The first-order valence-corrected chi connectivity index (χ1v) is 16.5. The van der Waals surface area contributed by atoms with Gasteiger partial charge in [0.2, 0.25) is 0 Å². The van der Waals surface area contributed by atoms with Gasteiger partial charge in [-0.25, -0.2) is 0 Å². The summed E-state index contributed by atoms with van der Waals surface area (Å²) in [4.78, 5) is 13.1. The molecule has 3 rings (SSSR count). The highest BCUT2D eigenvalue weighted by Crippen LogP contribution is 2.33. The fourth-order valence-electron chi connectivity index (χ4n) is 4.54. The van der Waals surface area contributed by atoms with Crippen molar-refractivity contribution in [3.05, 3.63) is 136 Å². The maximum Gasteiger partial charge on any atom is 0.169 e. The van der Waals surface area contributed by atoms with Gasteiger partial charge in [0.25, 0.3) is 0 Å². The van der Waals surface area contributed by atoms with Crippen LogP contribution in [0.3, 0.4) is 0 Å². The predicted octanol–water partition coefficient (Wildman–Crippen LogP) is 12.9. The summed E-state index contributed by atoms with van der Waals surface area (Å²) in [6.45, 7) is 33.6. The molecular formula is C42H62O2. The lowest BCUT2D eigenvalue weighted by Crippen LogP contribution is -2.17. The third-order valence-corrected chi connectivity index (χ3v) is 7.09. The van der Waals surface area contributed by atoms with Crippen LogP contribution in [0.15, 0.2) is 108 Å². The summed E-state index contributed by atoms with van der Waals surface area (Å²) < 4.78 is 0. The van der Waals surface area contributed by atoms with Crippen molar-refractivity contribution in [3.63, 3.8) is 0 Å². The van der Waals surface area contributed by atoms with Crippen LogP contribution in [0, 0.1) is 26.7 Å². The number of aliphatic hydroxyl groups excluding tert-OH is 1. The summed E-state index contributed by atoms with van der Waals surface area (Å²) in [5.74, 6) is 0.360. The first kappa shape index (κ1) is 42.5. The van der Waals surface area contributed by atoms with Crippen molar-refractivity contribution in [2.45, 2.75) is 115 Å². The van der Waals surface area contributed by atoms with Crippen molar-refractivity contribution in [1.82, 2.24) is 0 Å². The summed E-state index contributed by atoms with van der Waals surface area (Å²) in [5.41, 5.74) is 13.1. The highest BCUT2D eigenvalue weighted by Gasteiger charge is 2.24. The fourth-order valence-corrected chi connectivity index (χ4v) is 4.54. The first-order valence-electron chi connectivity index (χ1n) is 16.5. The van der Waals surface area contributed by atoms with Crippen LogP contribution >= 0.6 is 0 Å². The van der Waals surface area contributed by atoms with Crippen LogP contribution in [-0.4, -0.2) is 10.9 Å². The van der Waals surface area contributed by atoms with Crippen LogP contribution in [0.25, 0.3) is 0 Å². The van der Waals surface area contributed by atoms with Crippen molar-refractivity contribution in [2.75, 3.05) is 0 Å². The molecule has 0 radical (unpaired) electrons. The molecule has 44 heavy (non-hydrogen) atoms. The van der Waals surface area contributed by atoms with Crippen molar-refractivity contribution >= 4 is 5.78 Å². The quantitative estimate of drug-likeness (QED) is 0.135. The first-order chi connectivity index (χ1) is 21.0. The van der Waals surface area contributed by atoms with E-state index in [-0.39, 0.29) is 17.5 Å². The number of aliphatic hydroxyl groups is 1. The second-order valence-corrected chi connectivity index (χ2v) is 10.7. The number of allylic oxidation sites excluding steroid dienone is 7. The van der Waals surface area contributed by atoms with E-state index in [9.17, 15) is 4.79 Å². The van der Waals surface area contributed by atoms with Gasteiger partial charge in [-0.1, -0.05) is 134 Å². The zero-order chi connectivity index (χ0) is 34.2. The second-order valence-electron chi connectivity index (χ2n) is 10.7. The SMILES string of the molecule is C=C(O)CCCc1ccccc1.C=C=C(C=C)C1=C(C)CCC(C(C)C(=O)c2cc(C)c(C)cc2C)=C1.CC.CC.CCC. The largest absolute Gasteiger partial charge is 0.513 e. The van der Waals surface area contributed by atoms with E-state index in [1.54, 1.807) is 6.08 Å². The summed E-state index contributed by atoms with van der Waals surface area (Å²) >= 11 is 0. The molecule has 1 aliphatic carbocycles. The Bertz CT molecular complexity index is 1260. The minimum Gasteiger partial charge on any atom is -0.513 e. The summed E-state index contributed by atoms with van der Waals surface area (Å²) in [6, 6.07) is 14.4. The molecule has 1 N–H and O–H groups in total. The highest BCUT2D eigenvalue weighted by atomic mass is 16.3. The van der Waals surface area contributed by atoms with Gasteiger partial charge in [0.15, 0.2) is 5.78 Å². The molecule has 0 saturated heterocycles. The third kappa shape index (κ3) is 15.2. The van der Waals surface area contributed by atoms with Crippen molar-refractivity contribution < 1.29 is 9.90 Å². The molecule has 2 aromatic rings. The molecule has 0 saturated carbocycles. The molecule has 0 aromatic heterocycles. The molecule has 0 aliphatic heterocycles. The average Bonchev–Trinajstić information content (AvgIpc) is 3.03. The number of hydrogen-bond donors (Lipinski definition) is 1. The van der Waals surface area contributed by atoms with Crippen LogP contribution in [0.1, 0.15) is 120 Å². The Kier molecular flexibility index (Phi) is 24.0. The lowest BCUT2D eigenvalue weighted by Gasteiger charge is -2.23. The van der Waals surface area contributed by atoms with E-state index in [4.69, 9.17) is 5.11 Å². The number of carbonyl (C=O) groups is 1. The minimum atomic E-state index is -0.125. The zero-order valence-electron chi connectivity index (χ0n) is 30.0. The Hall–Kier alpha value is -3.61. The van der Waals surface area contributed by atoms with Gasteiger partial charge >= 0.3 is 0 Å². The van der Waals surface area contributed by atoms with E-state index in [1.807, 2.05) is 65.8 Å². The molecule has 1 atom stereocenters. The number of benzene rings is 2. The van der Waals surface area contributed by atoms with E-state index >= 15 is 0 Å². The summed E-state index contributed by atoms with van der Waals surface area (Å²) in [7, 11) is 0. The van der Waals surface area contributed by atoms with Gasteiger partial charge in [0.1, 0.15) is 0 Å². The van der Waals surface area contributed by atoms with E-state index in [0.29, 0.717) is 6.42 Å². The molecular weight excluding hydrogens is 536 g/mol. The maximum atomic E-state index is 13.1. The Morgan fingerprint density at radius 1 is 0.955 bits per heavy atom. The highest BCUT2D eigenvalue weighted by molar-refractivity contribution is 6.01. The molecule has 242 valence electrons. The number of aryl methyl sites for hydroxylation is 4. The molecule has 0 fully saturated rings. The predicted molar refractivity (Wildman–Crippen MR) is 197 cm³/mol. The number of Topliss-reactive ketones (excluding diaryl/α,β-unsaturated/α-hetero) is 1. The van der Waals surface area contributed by atoms with Gasteiger partial charge in [0.05, 0.1) is 5.76 Å². The maximum absolute atomic E-state index is 13.1. The van der Waals surface area contributed by atoms with Gasteiger partial charge in [0, 0.05) is 23.5 Å². The van der Waals surface area contributed by atoms with Gasteiger partial charge in [-0.05, 0) is 87.3 Å². The van der Waals surface area contributed by atoms with Crippen LogP contribution in [0.4, 0.5) is 0 Å². The lowest BCUT2D eigenvalue weighted by molar-refractivity contribution is 0.0945. The van der Waals surface area contributed by atoms with Crippen LogP contribution in [0.5, 0.6) is 0 Å². The Morgan fingerprint density at radius 2 is 1.50 bits per heavy atom. The molecule has 0 heterocycles. The summed E-state index contributed by atoms with van der Waals surface area (Å²) in [6.07, 6.45) is 9.75. The van der Waals surface area contributed by atoms with E-state index < -0.39 is 0 Å². The number of carbonyl (C=O) groups excluding carboxylic acids is 1. The molecule has 0 bridgehead atoms. The second kappa shape index (κ2) is 24.8. The summed E-state index contributed by atoms with van der Waals surface area (Å²) in [5, 5.41) is 8.84. The molecule has 1 aliphatic rings. The van der Waals surface area contributed by atoms with Gasteiger partial charge in [-0.3, -0.25) is 4.79 Å². The topological polar surface area (TPSA) is 37.3 Å². The number of hydrogen-bond acceptors (Lipinski definition) is 2. The number of ketones is 1. The third-order valence-electron chi connectivity index (χ3n) is 7.09. The molecule has 2 nitrogen and oxygen atoms in total. The van der Waals surface area contributed by atoms with Crippen molar-refractivity contribution in [2.24, 2.45) is 5.92 Å². The average molecular weight is 599 g/mol. The molecule has 2 aromatic carbocycles. The normalized spacial score (nSPS) is 12.0. The monoisotopic (exact) mass is 598 g/mol. The van der Waals surface area contributed by atoms with E-state index in [2.05, 4.69) is 84.4 Å². The van der Waals surface area contributed by atoms with Crippen LogP contribution in [0.2, 0.25) is 0 Å². The van der Waals surface area contributed by atoms with Crippen molar-refractivity contribution in [1.29, 1.82) is 0 Å². The van der Waals surface area contributed by atoms with Crippen LogP contribution in [-0.2, 0) is 6.42 Å².